The van der Waals surface area contributed by atoms with Crippen molar-refractivity contribution >= 4 is 34.6 Å². The van der Waals surface area contributed by atoms with Crippen molar-refractivity contribution in [2.75, 3.05) is 32.9 Å². The zero-order valence-corrected chi connectivity index (χ0v) is 14.5. The van der Waals surface area contributed by atoms with Crippen LogP contribution < -0.4 is 4.74 Å². The number of carbonyl (C=O) groups is 1. The van der Waals surface area contributed by atoms with E-state index in [2.05, 4.69) is 4.99 Å². The van der Waals surface area contributed by atoms with E-state index in [4.69, 9.17) is 9.47 Å². The number of carbonyl (C=O) groups excluding carboxylic acids is 1. The molecule has 0 spiro atoms. The van der Waals surface area contributed by atoms with Crippen molar-refractivity contribution in [1.29, 1.82) is 0 Å². The van der Waals surface area contributed by atoms with E-state index in [-0.39, 0.29) is 17.3 Å². The van der Waals surface area contributed by atoms with Gasteiger partial charge in [-0.25, -0.2) is 0 Å². The van der Waals surface area contributed by atoms with Crippen LogP contribution in [0.2, 0.25) is 0 Å². The monoisotopic (exact) mass is 363 g/mol. The highest BCUT2D eigenvalue weighted by molar-refractivity contribution is 8.18. The van der Waals surface area contributed by atoms with Crippen molar-refractivity contribution in [1.82, 2.24) is 4.90 Å². The van der Waals surface area contributed by atoms with Crippen LogP contribution >= 0.6 is 11.8 Å². The van der Waals surface area contributed by atoms with Crippen LogP contribution in [-0.4, -0.2) is 53.8 Å². The summed E-state index contributed by atoms with van der Waals surface area (Å²) in [5, 5.41) is 11.9. The second-order valence-corrected chi connectivity index (χ2v) is 6.34. The number of hydrogen-bond donors (Lipinski definition) is 0. The lowest BCUT2D eigenvalue weighted by Crippen LogP contribution is -2.38. The van der Waals surface area contributed by atoms with Crippen molar-refractivity contribution in [2.45, 2.75) is 6.92 Å². The predicted molar refractivity (Wildman–Crippen MR) is 94.7 cm³/mol. The highest BCUT2D eigenvalue weighted by Crippen LogP contribution is 2.33. The fourth-order valence-electron chi connectivity index (χ4n) is 2.48. The third-order valence-corrected chi connectivity index (χ3v) is 4.71. The molecule has 9 heteroatoms. The molecule has 1 aromatic carbocycles. The highest BCUT2D eigenvalue weighted by Gasteiger charge is 2.27. The summed E-state index contributed by atoms with van der Waals surface area (Å²) in [6, 6.07) is 4.63. The molecule has 0 atom stereocenters. The lowest BCUT2D eigenvalue weighted by molar-refractivity contribution is -0.385. The third-order valence-electron chi connectivity index (χ3n) is 3.67. The molecule has 8 nitrogen and oxygen atoms in total. The summed E-state index contributed by atoms with van der Waals surface area (Å²) in [5.41, 5.74) is 0.436. The van der Waals surface area contributed by atoms with Crippen molar-refractivity contribution in [3.63, 3.8) is 0 Å². The summed E-state index contributed by atoms with van der Waals surface area (Å²) < 4.78 is 10.6. The smallest absolute Gasteiger partial charge is 0.311 e. The van der Waals surface area contributed by atoms with Crippen molar-refractivity contribution in [3.05, 3.63) is 38.8 Å². The van der Waals surface area contributed by atoms with Crippen LogP contribution in [-0.2, 0) is 9.53 Å². The summed E-state index contributed by atoms with van der Waals surface area (Å²) in [4.78, 5) is 29.4. The summed E-state index contributed by atoms with van der Waals surface area (Å²) in [7, 11) is 0. The van der Waals surface area contributed by atoms with E-state index in [9.17, 15) is 14.9 Å². The first-order valence-corrected chi connectivity index (χ1v) is 8.66. The zero-order valence-electron chi connectivity index (χ0n) is 13.6. The van der Waals surface area contributed by atoms with Crippen molar-refractivity contribution in [2.24, 2.45) is 4.99 Å². The Hall–Kier alpha value is -2.39. The quantitative estimate of drug-likeness (QED) is 0.460. The molecule has 1 fully saturated rings. The van der Waals surface area contributed by atoms with E-state index in [0.29, 0.717) is 48.5 Å². The molecule has 0 bridgehead atoms. The molecule has 1 aromatic rings. The molecule has 132 valence electrons. The van der Waals surface area contributed by atoms with Crippen LogP contribution in [0, 0.1) is 10.1 Å². The maximum absolute atomic E-state index is 12.1. The van der Waals surface area contributed by atoms with Crippen LogP contribution in [0.4, 0.5) is 5.69 Å². The summed E-state index contributed by atoms with van der Waals surface area (Å²) >= 11 is 1.28. The first kappa shape index (κ1) is 17.4. The van der Waals surface area contributed by atoms with Gasteiger partial charge in [-0.3, -0.25) is 14.9 Å². The van der Waals surface area contributed by atoms with Crippen LogP contribution in [0.3, 0.4) is 0 Å². The van der Waals surface area contributed by atoms with Gasteiger partial charge in [0.15, 0.2) is 10.9 Å². The molecule has 0 radical (unpaired) electrons. The third kappa shape index (κ3) is 3.99. The molecule has 0 aliphatic carbocycles. The van der Waals surface area contributed by atoms with Gasteiger partial charge in [-0.05, 0) is 36.4 Å². The Bertz CT molecular complexity index is 756. The molecule has 2 heterocycles. The van der Waals surface area contributed by atoms with E-state index in [0.717, 1.165) is 0 Å². The molecule has 25 heavy (non-hydrogen) atoms. The van der Waals surface area contributed by atoms with Gasteiger partial charge in [-0.15, -0.1) is 0 Å². The summed E-state index contributed by atoms with van der Waals surface area (Å²) in [5.74, 6) is -0.117. The Morgan fingerprint density at radius 1 is 1.44 bits per heavy atom. The highest BCUT2D eigenvalue weighted by atomic mass is 32.2. The fourth-order valence-corrected chi connectivity index (χ4v) is 3.45. The van der Waals surface area contributed by atoms with Crippen molar-refractivity contribution in [3.8, 4) is 5.75 Å². The number of hydrogen-bond acceptors (Lipinski definition) is 7. The van der Waals surface area contributed by atoms with Gasteiger partial charge in [0.2, 0.25) is 0 Å². The average molecular weight is 363 g/mol. The number of nitro benzene ring substituents is 1. The zero-order chi connectivity index (χ0) is 17.8. The van der Waals surface area contributed by atoms with Gasteiger partial charge >= 0.3 is 5.69 Å². The minimum atomic E-state index is -0.494. The number of amides is 1. The number of amidine groups is 1. The molecule has 0 saturated carbocycles. The normalized spacial score (nSPS) is 19.2. The van der Waals surface area contributed by atoms with Gasteiger partial charge in [-0.1, -0.05) is 6.07 Å². The largest absolute Gasteiger partial charge is 0.487 e. The number of nitro groups is 1. The minimum Gasteiger partial charge on any atom is -0.487 e. The van der Waals surface area contributed by atoms with Crippen LogP contribution in [0.1, 0.15) is 12.5 Å². The minimum absolute atomic E-state index is 0.124. The summed E-state index contributed by atoms with van der Waals surface area (Å²) in [6.45, 7) is 4.71. The lowest BCUT2D eigenvalue weighted by atomic mass is 10.1. The Labute approximate surface area is 148 Å². The number of nitrogens with zero attached hydrogens (tertiary/aromatic N) is 3. The van der Waals surface area contributed by atoms with Gasteiger partial charge in [0, 0.05) is 19.2 Å². The Kier molecular flexibility index (Phi) is 5.34. The second-order valence-electron chi connectivity index (χ2n) is 5.33. The second kappa shape index (κ2) is 7.66. The van der Waals surface area contributed by atoms with E-state index >= 15 is 0 Å². The number of aliphatic imine (C=N–C) groups is 1. The number of ether oxygens (including phenoxy) is 2. The Morgan fingerprint density at radius 3 is 2.88 bits per heavy atom. The molecule has 2 aliphatic rings. The molecule has 1 amide bonds. The van der Waals surface area contributed by atoms with E-state index in [1.54, 1.807) is 25.1 Å². The first-order chi connectivity index (χ1) is 12.1. The molecule has 3 rings (SSSR count). The van der Waals surface area contributed by atoms with E-state index in [1.807, 2.05) is 4.90 Å². The molecular weight excluding hydrogens is 346 g/mol. The first-order valence-electron chi connectivity index (χ1n) is 7.85. The molecule has 1 saturated heterocycles. The number of rotatable bonds is 4. The standard InChI is InChI=1S/C16H17N3O5S/c1-2-24-13-4-3-11(9-12(13)19(21)22)10-14-15(20)17-16(25-14)18-5-7-23-8-6-18/h3-4,9-10H,2,5-8H2,1H3/b14-10-. The van der Waals surface area contributed by atoms with Crippen LogP contribution in [0.15, 0.2) is 28.1 Å². The van der Waals surface area contributed by atoms with Gasteiger partial charge in [0.05, 0.1) is 29.6 Å². The van der Waals surface area contributed by atoms with E-state index < -0.39 is 4.92 Å². The van der Waals surface area contributed by atoms with Crippen LogP contribution in [0.5, 0.6) is 5.75 Å². The van der Waals surface area contributed by atoms with Crippen molar-refractivity contribution < 1.29 is 19.2 Å². The van der Waals surface area contributed by atoms with Gasteiger partial charge in [0.25, 0.3) is 5.91 Å². The molecule has 0 aromatic heterocycles. The molecule has 0 unspecified atom stereocenters. The molecule has 2 aliphatic heterocycles. The van der Waals surface area contributed by atoms with E-state index in [1.165, 1.54) is 17.8 Å². The van der Waals surface area contributed by atoms with Gasteiger partial charge < -0.3 is 14.4 Å². The topological polar surface area (TPSA) is 94.3 Å². The SMILES string of the molecule is CCOc1ccc(/C=C2\SC(N3CCOCC3)=NC2=O)cc1[N+](=O)[O-]. The Morgan fingerprint density at radius 2 is 2.20 bits per heavy atom. The van der Waals surface area contributed by atoms with Gasteiger partial charge in [0.1, 0.15) is 0 Å². The number of morpholine rings is 1. The molecular formula is C16H17N3O5S. The maximum atomic E-state index is 12.1. The number of benzene rings is 1. The summed E-state index contributed by atoms with van der Waals surface area (Å²) in [6.07, 6.45) is 1.62. The fraction of sp³-hybridized carbons (Fsp3) is 0.375. The number of thioether (sulfide) groups is 1. The van der Waals surface area contributed by atoms with Gasteiger partial charge in [-0.2, -0.15) is 4.99 Å². The predicted octanol–water partition coefficient (Wildman–Crippen LogP) is 2.30. The lowest BCUT2D eigenvalue weighted by Gasteiger charge is -2.27. The van der Waals surface area contributed by atoms with Crippen LogP contribution in [0.25, 0.3) is 6.08 Å². The maximum Gasteiger partial charge on any atom is 0.311 e. The Balaban J connectivity index is 1.80. The molecule has 0 N–H and O–H groups in total. The average Bonchev–Trinajstić information content (AvgIpc) is 2.98.